The molecule has 0 saturated heterocycles. The van der Waals surface area contributed by atoms with E-state index in [1.807, 2.05) is 26.0 Å². The van der Waals surface area contributed by atoms with Crippen molar-refractivity contribution in [3.05, 3.63) is 35.4 Å². The first-order valence-electron chi connectivity index (χ1n) is 6.06. The molecule has 0 fully saturated rings. The summed E-state index contributed by atoms with van der Waals surface area (Å²) in [6.07, 6.45) is 0.578. The zero-order chi connectivity index (χ0) is 13.4. The van der Waals surface area contributed by atoms with Gasteiger partial charge in [0.25, 0.3) is 0 Å². The van der Waals surface area contributed by atoms with E-state index in [4.69, 9.17) is 9.05 Å². The van der Waals surface area contributed by atoms with Crippen LogP contribution in [0, 0.1) is 0 Å². The van der Waals surface area contributed by atoms with Gasteiger partial charge in [0.1, 0.15) is 5.16 Å². The summed E-state index contributed by atoms with van der Waals surface area (Å²) in [7, 11) is -3.47. The standard InChI is InChI=1S/C13H17O4P/c1-4-13(3)11-9-7-6-8-10(11)12(14)17-18(13,15)16-5-2/h6-9H,4-5H2,1-3H3. The van der Waals surface area contributed by atoms with Crippen LogP contribution in [0.2, 0.25) is 0 Å². The van der Waals surface area contributed by atoms with Crippen molar-refractivity contribution in [2.75, 3.05) is 6.61 Å². The SMILES string of the molecule is CCOP1(=O)OC(=O)c2ccccc2C1(C)CC. The molecule has 1 aliphatic rings. The van der Waals surface area contributed by atoms with Gasteiger partial charge in [-0.3, -0.25) is 4.52 Å². The third-order valence-corrected chi connectivity index (χ3v) is 6.29. The van der Waals surface area contributed by atoms with Gasteiger partial charge in [0.05, 0.1) is 12.2 Å². The summed E-state index contributed by atoms with van der Waals surface area (Å²) >= 11 is 0. The first-order chi connectivity index (χ1) is 8.48. The van der Waals surface area contributed by atoms with Crippen molar-refractivity contribution in [1.29, 1.82) is 0 Å². The van der Waals surface area contributed by atoms with E-state index in [0.717, 1.165) is 5.56 Å². The van der Waals surface area contributed by atoms with Gasteiger partial charge in [-0.1, -0.05) is 25.1 Å². The minimum atomic E-state index is -3.47. The second-order valence-corrected chi connectivity index (χ2v) is 6.89. The van der Waals surface area contributed by atoms with Gasteiger partial charge in [0.2, 0.25) is 0 Å². The molecular weight excluding hydrogens is 251 g/mol. The highest BCUT2D eigenvalue weighted by atomic mass is 31.2. The molecule has 2 atom stereocenters. The normalized spacial score (nSPS) is 30.7. The molecule has 0 aliphatic carbocycles. The Morgan fingerprint density at radius 1 is 1.33 bits per heavy atom. The average molecular weight is 268 g/mol. The quantitative estimate of drug-likeness (QED) is 0.784. The highest BCUT2D eigenvalue weighted by Crippen LogP contribution is 2.69. The molecule has 2 rings (SSSR count). The molecule has 0 amide bonds. The molecule has 5 heteroatoms. The lowest BCUT2D eigenvalue weighted by molar-refractivity contribution is 0.0661. The smallest absolute Gasteiger partial charge is 0.387 e. The summed E-state index contributed by atoms with van der Waals surface area (Å²) in [5.41, 5.74) is 1.23. The Labute approximate surface area is 107 Å². The fraction of sp³-hybridized carbons (Fsp3) is 0.462. The topological polar surface area (TPSA) is 52.6 Å². The van der Waals surface area contributed by atoms with Crippen molar-refractivity contribution in [2.24, 2.45) is 0 Å². The molecule has 1 heterocycles. The van der Waals surface area contributed by atoms with Crippen molar-refractivity contribution in [1.82, 2.24) is 0 Å². The predicted octanol–water partition coefficient (Wildman–Crippen LogP) is 3.71. The Kier molecular flexibility index (Phi) is 3.35. The van der Waals surface area contributed by atoms with Gasteiger partial charge in [-0.25, -0.2) is 9.36 Å². The number of rotatable bonds is 3. The van der Waals surface area contributed by atoms with Crippen molar-refractivity contribution in [3.63, 3.8) is 0 Å². The molecule has 98 valence electrons. The first-order valence-corrected chi connectivity index (χ1v) is 7.61. The predicted molar refractivity (Wildman–Crippen MR) is 68.7 cm³/mol. The highest BCUT2D eigenvalue weighted by molar-refractivity contribution is 7.55. The molecule has 1 aliphatic heterocycles. The van der Waals surface area contributed by atoms with Gasteiger partial charge >= 0.3 is 13.6 Å². The van der Waals surface area contributed by atoms with Crippen LogP contribution >= 0.6 is 7.60 Å². The lowest BCUT2D eigenvalue weighted by atomic mass is 9.92. The summed E-state index contributed by atoms with van der Waals surface area (Å²) < 4.78 is 23.3. The summed E-state index contributed by atoms with van der Waals surface area (Å²) in [6.45, 7) is 5.74. The van der Waals surface area contributed by atoms with E-state index in [0.29, 0.717) is 12.0 Å². The van der Waals surface area contributed by atoms with Crippen LogP contribution < -0.4 is 0 Å². The zero-order valence-electron chi connectivity index (χ0n) is 10.8. The van der Waals surface area contributed by atoms with E-state index in [2.05, 4.69) is 0 Å². The highest BCUT2D eigenvalue weighted by Gasteiger charge is 2.54. The molecular formula is C13H17O4P. The largest absolute Gasteiger partial charge is 0.391 e. The number of carbonyl (C=O) groups is 1. The number of benzene rings is 1. The number of carbonyl (C=O) groups excluding carboxylic acids is 1. The van der Waals surface area contributed by atoms with E-state index >= 15 is 0 Å². The zero-order valence-corrected chi connectivity index (χ0v) is 11.7. The number of fused-ring (bicyclic) bond motifs is 1. The Balaban J connectivity index is 2.66. The van der Waals surface area contributed by atoms with Gasteiger partial charge in [-0.2, -0.15) is 0 Å². The van der Waals surface area contributed by atoms with Gasteiger partial charge < -0.3 is 4.52 Å². The Bertz CT molecular complexity index is 525. The molecule has 2 unspecified atom stereocenters. The van der Waals surface area contributed by atoms with Crippen LogP contribution in [-0.4, -0.2) is 12.6 Å². The van der Waals surface area contributed by atoms with Crippen LogP contribution in [0.3, 0.4) is 0 Å². The molecule has 4 nitrogen and oxygen atoms in total. The van der Waals surface area contributed by atoms with Gasteiger partial charge in [0, 0.05) is 0 Å². The van der Waals surface area contributed by atoms with Gasteiger partial charge in [-0.15, -0.1) is 0 Å². The molecule has 0 radical (unpaired) electrons. The fourth-order valence-electron chi connectivity index (χ4n) is 2.26. The lowest BCUT2D eigenvalue weighted by Gasteiger charge is -2.39. The van der Waals surface area contributed by atoms with Crippen LogP contribution in [0.1, 0.15) is 43.1 Å². The maximum absolute atomic E-state index is 12.8. The van der Waals surface area contributed by atoms with Crippen molar-refractivity contribution < 1.29 is 18.4 Å². The van der Waals surface area contributed by atoms with E-state index < -0.39 is 18.7 Å². The molecule has 0 aromatic heterocycles. The first kappa shape index (κ1) is 13.3. The summed E-state index contributed by atoms with van der Waals surface area (Å²) in [5, 5.41) is -0.770. The minimum Gasteiger partial charge on any atom is -0.387 e. The minimum absolute atomic E-state index is 0.252. The van der Waals surface area contributed by atoms with Crippen LogP contribution in [-0.2, 0) is 18.8 Å². The van der Waals surface area contributed by atoms with E-state index in [1.165, 1.54) is 0 Å². The van der Waals surface area contributed by atoms with Crippen molar-refractivity contribution in [2.45, 2.75) is 32.3 Å². The van der Waals surface area contributed by atoms with E-state index in [1.54, 1.807) is 19.1 Å². The number of hydrogen-bond acceptors (Lipinski definition) is 4. The second kappa shape index (κ2) is 4.52. The van der Waals surface area contributed by atoms with Gasteiger partial charge in [0.15, 0.2) is 0 Å². The van der Waals surface area contributed by atoms with E-state index in [9.17, 15) is 9.36 Å². The molecule has 0 spiro atoms. The van der Waals surface area contributed by atoms with E-state index in [-0.39, 0.29) is 6.61 Å². The molecule has 1 aromatic carbocycles. The average Bonchev–Trinajstić information content (AvgIpc) is 2.36. The van der Waals surface area contributed by atoms with Crippen molar-refractivity contribution in [3.8, 4) is 0 Å². The summed E-state index contributed by atoms with van der Waals surface area (Å²) in [4.78, 5) is 11.9. The molecule has 18 heavy (non-hydrogen) atoms. The van der Waals surface area contributed by atoms with Crippen molar-refractivity contribution >= 4 is 13.6 Å². The molecule has 0 bridgehead atoms. The second-order valence-electron chi connectivity index (χ2n) is 4.47. The summed E-state index contributed by atoms with van der Waals surface area (Å²) in [5.74, 6) is -0.562. The monoisotopic (exact) mass is 268 g/mol. The molecule has 1 aromatic rings. The number of hydrogen-bond donors (Lipinski definition) is 0. The fourth-order valence-corrected chi connectivity index (χ4v) is 4.33. The van der Waals surface area contributed by atoms with Crippen LogP contribution in [0.15, 0.2) is 24.3 Å². The lowest BCUT2D eigenvalue weighted by Crippen LogP contribution is -2.32. The maximum Gasteiger partial charge on any atom is 0.391 e. The van der Waals surface area contributed by atoms with Crippen LogP contribution in [0.25, 0.3) is 0 Å². The Morgan fingerprint density at radius 3 is 2.61 bits per heavy atom. The third kappa shape index (κ3) is 1.72. The molecule has 0 saturated carbocycles. The Hall–Kier alpha value is -1.12. The Morgan fingerprint density at radius 2 is 2.00 bits per heavy atom. The summed E-state index contributed by atoms with van der Waals surface area (Å²) in [6, 6.07) is 7.13. The maximum atomic E-state index is 12.8. The molecule has 0 N–H and O–H groups in total. The third-order valence-electron chi connectivity index (χ3n) is 3.52. The van der Waals surface area contributed by atoms with Crippen LogP contribution in [0.5, 0.6) is 0 Å². The van der Waals surface area contributed by atoms with Crippen LogP contribution in [0.4, 0.5) is 0 Å². The van der Waals surface area contributed by atoms with Gasteiger partial charge in [-0.05, 0) is 31.9 Å².